The maximum Gasteiger partial charge on any atom is 0.269 e. The zero-order chi connectivity index (χ0) is 14.7. The molecule has 0 spiro atoms. The average molecular weight is 277 g/mol. The molecule has 0 unspecified atom stereocenters. The number of carbonyl (C=O) groups is 2. The van der Waals surface area contributed by atoms with Crippen molar-refractivity contribution in [1.82, 2.24) is 4.90 Å². The van der Waals surface area contributed by atoms with Crippen molar-refractivity contribution >= 4 is 17.5 Å². The zero-order valence-corrected chi connectivity index (χ0v) is 10.8. The lowest BCUT2D eigenvalue weighted by Gasteiger charge is -2.30. The van der Waals surface area contributed by atoms with Gasteiger partial charge in [-0.2, -0.15) is 0 Å². The van der Waals surface area contributed by atoms with Crippen LogP contribution in [0.2, 0.25) is 0 Å². The summed E-state index contributed by atoms with van der Waals surface area (Å²) in [7, 11) is 0. The van der Waals surface area contributed by atoms with E-state index in [-0.39, 0.29) is 23.4 Å². The highest BCUT2D eigenvalue weighted by molar-refractivity contribution is 5.94. The molecule has 1 heterocycles. The Balaban J connectivity index is 2.01. The van der Waals surface area contributed by atoms with Gasteiger partial charge in [0.15, 0.2) is 0 Å². The van der Waals surface area contributed by atoms with Crippen molar-refractivity contribution in [2.45, 2.75) is 12.8 Å². The first kappa shape index (κ1) is 14.0. The minimum atomic E-state index is -0.507. The van der Waals surface area contributed by atoms with E-state index in [2.05, 4.69) is 0 Å². The fourth-order valence-corrected chi connectivity index (χ4v) is 2.28. The summed E-state index contributed by atoms with van der Waals surface area (Å²) in [5.74, 6) is -0.675. The van der Waals surface area contributed by atoms with Crippen LogP contribution in [0.3, 0.4) is 0 Å². The number of rotatable bonds is 3. The third kappa shape index (κ3) is 2.93. The number of primary amides is 1. The molecular weight excluding hydrogens is 262 g/mol. The molecule has 1 fully saturated rings. The number of nitro benzene ring substituents is 1. The van der Waals surface area contributed by atoms with Crippen molar-refractivity contribution in [2.24, 2.45) is 11.7 Å². The molecule has 1 aromatic carbocycles. The standard InChI is InChI=1S/C13H15N3O4/c14-12(17)9-5-7-15(8-6-9)13(18)10-1-3-11(4-2-10)16(19)20/h1-4,9H,5-8H2,(H2,14,17). The highest BCUT2D eigenvalue weighted by Gasteiger charge is 2.26. The van der Waals surface area contributed by atoms with Crippen LogP contribution in [0.25, 0.3) is 0 Å². The predicted octanol–water partition coefficient (Wildman–Crippen LogP) is 0.932. The van der Waals surface area contributed by atoms with Crippen LogP contribution in [0.4, 0.5) is 5.69 Å². The summed E-state index contributed by atoms with van der Waals surface area (Å²) >= 11 is 0. The SMILES string of the molecule is NC(=O)C1CCN(C(=O)c2ccc([N+](=O)[O-])cc2)CC1. The fraction of sp³-hybridized carbons (Fsp3) is 0.385. The summed E-state index contributed by atoms with van der Waals surface area (Å²) in [5, 5.41) is 10.6. The first-order chi connectivity index (χ1) is 9.49. The number of nitrogens with zero attached hydrogens (tertiary/aromatic N) is 2. The lowest BCUT2D eigenvalue weighted by Crippen LogP contribution is -2.41. The Morgan fingerprint density at radius 1 is 1.20 bits per heavy atom. The van der Waals surface area contributed by atoms with E-state index in [1.165, 1.54) is 24.3 Å². The van der Waals surface area contributed by atoms with E-state index in [1.807, 2.05) is 0 Å². The lowest BCUT2D eigenvalue weighted by atomic mass is 9.96. The maximum absolute atomic E-state index is 12.2. The van der Waals surface area contributed by atoms with Gasteiger partial charge >= 0.3 is 0 Å². The van der Waals surface area contributed by atoms with Crippen molar-refractivity contribution in [3.05, 3.63) is 39.9 Å². The van der Waals surface area contributed by atoms with Gasteiger partial charge in [-0.1, -0.05) is 0 Å². The van der Waals surface area contributed by atoms with E-state index < -0.39 is 4.92 Å². The van der Waals surface area contributed by atoms with E-state index in [9.17, 15) is 19.7 Å². The second kappa shape index (κ2) is 5.68. The summed E-state index contributed by atoms with van der Waals surface area (Å²) < 4.78 is 0. The molecule has 0 saturated carbocycles. The van der Waals surface area contributed by atoms with Crippen LogP contribution >= 0.6 is 0 Å². The smallest absolute Gasteiger partial charge is 0.269 e. The predicted molar refractivity (Wildman–Crippen MR) is 70.9 cm³/mol. The van der Waals surface area contributed by atoms with Crippen LogP contribution in [0, 0.1) is 16.0 Å². The van der Waals surface area contributed by atoms with Crippen molar-refractivity contribution in [2.75, 3.05) is 13.1 Å². The number of amides is 2. The van der Waals surface area contributed by atoms with Crippen LogP contribution in [-0.4, -0.2) is 34.7 Å². The molecule has 20 heavy (non-hydrogen) atoms. The molecule has 1 aromatic rings. The van der Waals surface area contributed by atoms with Gasteiger partial charge < -0.3 is 10.6 Å². The summed E-state index contributed by atoms with van der Waals surface area (Å²) in [5.41, 5.74) is 5.60. The quantitative estimate of drug-likeness (QED) is 0.655. The summed E-state index contributed by atoms with van der Waals surface area (Å²) in [6.07, 6.45) is 1.13. The van der Waals surface area contributed by atoms with Crippen LogP contribution in [-0.2, 0) is 4.79 Å². The lowest BCUT2D eigenvalue weighted by molar-refractivity contribution is -0.384. The number of nitrogens with two attached hydrogens (primary N) is 1. The molecule has 7 nitrogen and oxygen atoms in total. The van der Waals surface area contributed by atoms with Gasteiger partial charge in [-0.05, 0) is 25.0 Å². The number of piperidine rings is 1. The number of carbonyl (C=O) groups excluding carboxylic acids is 2. The van der Waals surface area contributed by atoms with Crippen molar-refractivity contribution in [1.29, 1.82) is 0 Å². The van der Waals surface area contributed by atoms with Crippen molar-refractivity contribution < 1.29 is 14.5 Å². The molecule has 2 amide bonds. The Morgan fingerprint density at radius 2 is 1.75 bits per heavy atom. The fourth-order valence-electron chi connectivity index (χ4n) is 2.28. The highest BCUT2D eigenvalue weighted by atomic mass is 16.6. The normalized spacial score (nSPS) is 15.9. The van der Waals surface area contributed by atoms with Gasteiger partial charge in [0.25, 0.3) is 11.6 Å². The van der Waals surface area contributed by atoms with Gasteiger partial charge in [-0.3, -0.25) is 19.7 Å². The Kier molecular flexibility index (Phi) is 3.97. The van der Waals surface area contributed by atoms with Gasteiger partial charge in [0.2, 0.25) is 5.91 Å². The summed E-state index contributed by atoms with van der Waals surface area (Å²) in [6, 6.07) is 5.51. The first-order valence-electron chi connectivity index (χ1n) is 6.32. The molecular formula is C13H15N3O4. The third-order valence-electron chi connectivity index (χ3n) is 3.51. The number of nitro groups is 1. The number of benzene rings is 1. The Morgan fingerprint density at radius 3 is 2.20 bits per heavy atom. The molecule has 0 bridgehead atoms. The molecule has 1 aliphatic rings. The van der Waals surface area contributed by atoms with E-state index in [4.69, 9.17) is 5.73 Å². The zero-order valence-electron chi connectivity index (χ0n) is 10.8. The molecule has 1 saturated heterocycles. The largest absolute Gasteiger partial charge is 0.369 e. The second-order valence-corrected chi connectivity index (χ2v) is 4.77. The monoisotopic (exact) mass is 277 g/mol. The molecule has 2 rings (SSSR count). The average Bonchev–Trinajstić information content (AvgIpc) is 2.46. The number of likely N-dealkylation sites (tertiary alicyclic amines) is 1. The van der Waals surface area contributed by atoms with E-state index in [1.54, 1.807) is 4.90 Å². The minimum Gasteiger partial charge on any atom is -0.369 e. The molecule has 1 aliphatic heterocycles. The number of hydrogen-bond acceptors (Lipinski definition) is 4. The number of non-ortho nitro benzene ring substituents is 1. The summed E-state index contributed by atoms with van der Waals surface area (Å²) in [6.45, 7) is 0.951. The van der Waals surface area contributed by atoms with Crippen LogP contribution in [0.1, 0.15) is 23.2 Å². The highest BCUT2D eigenvalue weighted by Crippen LogP contribution is 2.19. The molecule has 0 aromatic heterocycles. The van der Waals surface area contributed by atoms with Crippen LogP contribution in [0.5, 0.6) is 0 Å². The molecule has 0 aliphatic carbocycles. The molecule has 2 N–H and O–H groups in total. The Bertz CT molecular complexity index is 533. The third-order valence-corrected chi connectivity index (χ3v) is 3.51. The topological polar surface area (TPSA) is 107 Å². The first-order valence-corrected chi connectivity index (χ1v) is 6.32. The van der Waals surface area contributed by atoms with E-state index >= 15 is 0 Å². The van der Waals surface area contributed by atoms with Gasteiger partial charge in [0.1, 0.15) is 0 Å². The Hall–Kier alpha value is -2.44. The van der Waals surface area contributed by atoms with Gasteiger partial charge in [-0.25, -0.2) is 0 Å². The van der Waals surface area contributed by atoms with Crippen molar-refractivity contribution in [3.63, 3.8) is 0 Å². The van der Waals surface area contributed by atoms with Crippen molar-refractivity contribution in [3.8, 4) is 0 Å². The number of hydrogen-bond donors (Lipinski definition) is 1. The Labute approximate surface area is 115 Å². The molecule has 0 radical (unpaired) electrons. The molecule has 0 atom stereocenters. The van der Waals surface area contributed by atoms with E-state index in [0.29, 0.717) is 31.5 Å². The van der Waals surface area contributed by atoms with Gasteiger partial charge in [0, 0.05) is 36.7 Å². The summed E-state index contributed by atoms with van der Waals surface area (Å²) in [4.78, 5) is 34.9. The van der Waals surface area contributed by atoms with Gasteiger partial charge in [-0.15, -0.1) is 0 Å². The molecule has 7 heteroatoms. The van der Waals surface area contributed by atoms with Gasteiger partial charge in [0.05, 0.1) is 4.92 Å². The molecule has 106 valence electrons. The maximum atomic E-state index is 12.2. The van der Waals surface area contributed by atoms with Crippen LogP contribution < -0.4 is 5.73 Å². The van der Waals surface area contributed by atoms with E-state index in [0.717, 1.165) is 0 Å². The minimum absolute atomic E-state index is 0.0472. The second-order valence-electron chi connectivity index (χ2n) is 4.77. The van der Waals surface area contributed by atoms with Crippen LogP contribution in [0.15, 0.2) is 24.3 Å².